The largest absolute Gasteiger partial charge is 0.310 e. The van der Waals surface area contributed by atoms with Crippen LogP contribution in [0.25, 0.3) is 0 Å². The average Bonchev–Trinajstić information content (AvgIpc) is 2.52. The van der Waals surface area contributed by atoms with Crippen LogP contribution in [0.5, 0.6) is 0 Å². The number of rotatable bonds is 3. The van der Waals surface area contributed by atoms with Crippen molar-refractivity contribution in [2.45, 2.75) is 39.3 Å². The Labute approximate surface area is 80.1 Å². The summed E-state index contributed by atoms with van der Waals surface area (Å²) in [6.45, 7) is 8.59. The molecule has 0 bridgehead atoms. The van der Waals surface area contributed by atoms with Crippen LogP contribution in [-0.4, -0.2) is 16.8 Å². The third kappa shape index (κ3) is 1.91. The van der Waals surface area contributed by atoms with Crippen LogP contribution in [0.4, 0.5) is 0 Å². The van der Waals surface area contributed by atoms with Crippen LogP contribution in [0.15, 0.2) is 12.3 Å². The molecule has 0 amide bonds. The van der Waals surface area contributed by atoms with E-state index in [1.165, 1.54) is 5.69 Å². The van der Waals surface area contributed by atoms with Gasteiger partial charge in [-0.25, -0.2) is 0 Å². The van der Waals surface area contributed by atoms with Crippen molar-refractivity contribution in [3.63, 3.8) is 0 Å². The van der Waals surface area contributed by atoms with E-state index < -0.39 is 0 Å². The van der Waals surface area contributed by atoms with E-state index in [9.17, 15) is 0 Å². The van der Waals surface area contributed by atoms with Gasteiger partial charge in [-0.1, -0.05) is 0 Å². The van der Waals surface area contributed by atoms with Crippen LogP contribution in [0.2, 0.25) is 0 Å². The van der Waals surface area contributed by atoms with Gasteiger partial charge in [0.05, 0.1) is 11.2 Å². The Kier molecular flexibility index (Phi) is 2.76. The Morgan fingerprint density at radius 3 is 2.54 bits per heavy atom. The van der Waals surface area contributed by atoms with Gasteiger partial charge in [0, 0.05) is 12.2 Å². The molecule has 13 heavy (non-hydrogen) atoms. The van der Waals surface area contributed by atoms with Crippen molar-refractivity contribution in [2.75, 3.05) is 7.05 Å². The molecule has 0 aliphatic rings. The minimum Gasteiger partial charge on any atom is -0.310 e. The molecule has 3 heteroatoms. The second-order valence-electron chi connectivity index (χ2n) is 4.13. The van der Waals surface area contributed by atoms with Crippen LogP contribution < -0.4 is 5.32 Å². The van der Waals surface area contributed by atoms with Crippen molar-refractivity contribution in [3.05, 3.63) is 18.0 Å². The molecule has 0 aromatic carbocycles. The molecule has 0 unspecified atom stereocenters. The van der Waals surface area contributed by atoms with Gasteiger partial charge in [-0.3, -0.25) is 4.68 Å². The number of nitrogens with one attached hydrogen (secondary N) is 1. The van der Waals surface area contributed by atoms with Gasteiger partial charge in [0.15, 0.2) is 0 Å². The summed E-state index contributed by atoms with van der Waals surface area (Å²) >= 11 is 0. The molecule has 0 aliphatic carbocycles. The Morgan fingerprint density at radius 1 is 1.46 bits per heavy atom. The molecular formula is C10H19N3. The van der Waals surface area contributed by atoms with Gasteiger partial charge in [0.25, 0.3) is 0 Å². The van der Waals surface area contributed by atoms with Crippen LogP contribution in [0.3, 0.4) is 0 Å². The first-order valence-corrected chi connectivity index (χ1v) is 4.72. The summed E-state index contributed by atoms with van der Waals surface area (Å²) in [4.78, 5) is 0. The maximum atomic E-state index is 4.31. The Bertz CT molecular complexity index is 273. The second kappa shape index (κ2) is 3.50. The van der Waals surface area contributed by atoms with Crippen molar-refractivity contribution < 1.29 is 0 Å². The number of hydrogen-bond donors (Lipinski definition) is 1. The summed E-state index contributed by atoms with van der Waals surface area (Å²) in [6, 6.07) is 2.48. The zero-order valence-corrected chi connectivity index (χ0v) is 9.13. The van der Waals surface area contributed by atoms with E-state index in [2.05, 4.69) is 48.9 Å². The fraction of sp³-hybridized carbons (Fsp3) is 0.700. The maximum absolute atomic E-state index is 4.31. The van der Waals surface area contributed by atoms with E-state index in [-0.39, 0.29) is 5.54 Å². The van der Waals surface area contributed by atoms with Crippen molar-refractivity contribution in [1.82, 2.24) is 15.1 Å². The van der Waals surface area contributed by atoms with E-state index in [1.807, 2.05) is 13.2 Å². The first-order chi connectivity index (χ1) is 5.99. The van der Waals surface area contributed by atoms with E-state index in [1.54, 1.807) is 0 Å². The summed E-state index contributed by atoms with van der Waals surface area (Å²) in [5, 5.41) is 7.58. The van der Waals surface area contributed by atoms with E-state index in [0.717, 1.165) is 0 Å². The normalized spacial score (nSPS) is 12.5. The van der Waals surface area contributed by atoms with Crippen molar-refractivity contribution in [2.24, 2.45) is 0 Å². The third-order valence-corrected chi connectivity index (χ3v) is 2.42. The predicted octanol–water partition coefficient (Wildman–Crippen LogP) is 1.92. The van der Waals surface area contributed by atoms with Crippen molar-refractivity contribution in [3.8, 4) is 0 Å². The molecule has 0 fully saturated rings. The van der Waals surface area contributed by atoms with Gasteiger partial charge in [0.2, 0.25) is 0 Å². The van der Waals surface area contributed by atoms with Gasteiger partial charge in [-0.2, -0.15) is 5.10 Å². The van der Waals surface area contributed by atoms with Gasteiger partial charge in [-0.05, 0) is 40.8 Å². The van der Waals surface area contributed by atoms with Crippen molar-refractivity contribution >= 4 is 0 Å². The number of hydrogen-bond acceptors (Lipinski definition) is 2. The van der Waals surface area contributed by atoms with Gasteiger partial charge in [-0.15, -0.1) is 0 Å². The lowest BCUT2D eigenvalue weighted by Gasteiger charge is -2.26. The zero-order chi connectivity index (χ0) is 10.1. The topological polar surface area (TPSA) is 29.9 Å². The summed E-state index contributed by atoms with van der Waals surface area (Å²) in [6.07, 6.45) is 1.86. The Balaban J connectivity index is 3.07. The fourth-order valence-corrected chi connectivity index (χ4v) is 1.35. The minimum absolute atomic E-state index is 0.0131. The molecule has 0 aliphatic heterocycles. The quantitative estimate of drug-likeness (QED) is 0.772. The van der Waals surface area contributed by atoms with Crippen LogP contribution in [0, 0.1) is 0 Å². The first kappa shape index (κ1) is 10.3. The second-order valence-corrected chi connectivity index (χ2v) is 4.13. The predicted molar refractivity (Wildman–Crippen MR) is 54.7 cm³/mol. The molecule has 3 nitrogen and oxygen atoms in total. The highest BCUT2D eigenvalue weighted by atomic mass is 15.3. The molecule has 0 saturated carbocycles. The highest BCUT2D eigenvalue weighted by Gasteiger charge is 2.22. The first-order valence-electron chi connectivity index (χ1n) is 4.72. The molecule has 74 valence electrons. The smallest absolute Gasteiger partial charge is 0.0582 e. The molecule has 0 radical (unpaired) electrons. The number of aromatic nitrogens is 2. The van der Waals surface area contributed by atoms with Gasteiger partial charge >= 0.3 is 0 Å². The van der Waals surface area contributed by atoms with Crippen LogP contribution >= 0.6 is 0 Å². The fourth-order valence-electron chi connectivity index (χ4n) is 1.35. The lowest BCUT2D eigenvalue weighted by atomic mass is 10.0. The lowest BCUT2D eigenvalue weighted by Crippen LogP contribution is -2.36. The SMILES string of the molecule is CNC(C)(C)c1ccnn1C(C)C. The lowest BCUT2D eigenvalue weighted by molar-refractivity contribution is 0.379. The number of nitrogens with zero attached hydrogens (tertiary/aromatic N) is 2. The molecule has 1 rings (SSSR count). The van der Waals surface area contributed by atoms with Gasteiger partial charge in [0.1, 0.15) is 0 Å². The summed E-state index contributed by atoms with van der Waals surface area (Å²) in [7, 11) is 1.97. The standard InChI is InChI=1S/C10H19N3/c1-8(2)13-9(6-7-12-13)10(3,4)11-5/h6-8,11H,1-5H3. The highest BCUT2D eigenvalue weighted by molar-refractivity contribution is 5.12. The zero-order valence-electron chi connectivity index (χ0n) is 9.13. The van der Waals surface area contributed by atoms with E-state index in [4.69, 9.17) is 0 Å². The Morgan fingerprint density at radius 2 is 2.08 bits per heavy atom. The minimum atomic E-state index is -0.0131. The summed E-state index contributed by atoms with van der Waals surface area (Å²) in [5.41, 5.74) is 1.21. The van der Waals surface area contributed by atoms with Crippen molar-refractivity contribution in [1.29, 1.82) is 0 Å². The molecule has 0 atom stereocenters. The molecule has 0 saturated heterocycles. The highest BCUT2D eigenvalue weighted by Crippen LogP contribution is 2.21. The monoisotopic (exact) mass is 181 g/mol. The average molecular weight is 181 g/mol. The molecule has 1 aromatic heterocycles. The summed E-state index contributed by atoms with van der Waals surface area (Å²) < 4.78 is 2.05. The summed E-state index contributed by atoms with van der Waals surface area (Å²) in [5.74, 6) is 0. The molecule has 1 aromatic rings. The maximum Gasteiger partial charge on any atom is 0.0582 e. The van der Waals surface area contributed by atoms with E-state index >= 15 is 0 Å². The molecule has 1 heterocycles. The third-order valence-electron chi connectivity index (χ3n) is 2.42. The Hall–Kier alpha value is -0.830. The molecular weight excluding hydrogens is 162 g/mol. The van der Waals surface area contributed by atoms with Crippen LogP contribution in [0.1, 0.15) is 39.4 Å². The molecule has 0 spiro atoms. The van der Waals surface area contributed by atoms with E-state index in [0.29, 0.717) is 6.04 Å². The van der Waals surface area contributed by atoms with Crippen LogP contribution in [-0.2, 0) is 5.54 Å². The molecule has 1 N–H and O–H groups in total. The van der Waals surface area contributed by atoms with Gasteiger partial charge < -0.3 is 5.32 Å².